The summed E-state index contributed by atoms with van der Waals surface area (Å²) in [4.78, 5) is 5.11. The molecule has 42 heavy (non-hydrogen) atoms. The molecule has 0 aliphatic carbocycles. The number of hydrogen-bond donors (Lipinski definition) is 3. The maximum atomic E-state index is 5.51. The molecule has 1 aromatic heterocycles. The molecule has 8 nitrogen and oxygen atoms in total. The summed E-state index contributed by atoms with van der Waals surface area (Å²) in [7, 11) is 1.81. The molecule has 0 amide bonds. The van der Waals surface area contributed by atoms with Gasteiger partial charge in [0.05, 0.1) is 23.2 Å². The first-order valence-electron chi connectivity index (χ1n) is 15.5. The van der Waals surface area contributed by atoms with E-state index in [4.69, 9.17) is 9.84 Å². The average Bonchev–Trinajstić information content (AvgIpc) is 3.60. The molecule has 3 N–H and O–H groups in total. The van der Waals surface area contributed by atoms with Crippen LogP contribution in [0.25, 0.3) is 10.9 Å². The molecule has 0 saturated carbocycles. The van der Waals surface area contributed by atoms with Crippen molar-refractivity contribution in [2.24, 2.45) is 0 Å². The van der Waals surface area contributed by atoms with E-state index in [9.17, 15) is 0 Å². The minimum Gasteiger partial charge on any atom is -0.383 e. The summed E-state index contributed by atoms with van der Waals surface area (Å²) < 4.78 is 7.74. The number of anilines is 5. The highest BCUT2D eigenvalue weighted by molar-refractivity contribution is 6.04. The van der Waals surface area contributed by atoms with Gasteiger partial charge in [-0.1, -0.05) is 36.4 Å². The summed E-state index contributed by atoms with van der Waals surface area (Å²) >= 11 is 0. The van der Waals surface area contributed by atoms with Crippen LogP contribution in [0.4, 0.5) is 28.6 Å². The van der Waals surface area contributed by atoms with E-state index in [1.54, 1.807) is 0 Å². The molecule has 2 saturated heterocycles. The van der Waals surface area contributed by atoms with Crippen molar-refractivity contribution in [3.05, 3.63) is 71.8 Å². The monoisotopic (exact) mass is 567 g/mol. The number of fused-ring (bicyclic) bond motifs is 1. The van der Waals surface area contributed by atoms with Crippen molar-refractivity contribution in [1.82, 2.24) is 20.0 Å². The minimum atomic E-state index is 0.534. The van der Waals surface area contributed by atoms with Crippen molar-refractivity contribution in [3.63, 3.8) is 0 Å². The lowest BCUT2D eigenvalue weighted by atomic mass is 10.1. The van der Waals surface area contributed by atoms with Gasteiger partial charge in [0.15, 0.2) is 5.82 Å². The third-order valence-corrected chi connectivity index (χ3v) is 8.75. The fourth-order valence-electron chi connectivity index (χ4n) is 6.58. The van der Waals surface area contributed by atoms with Gasteiger partial charge < -0.3 is 25.6 Å². The number of benzene rings is 3. The van der Waals surface area contributed by atoms with E-state index < -0.39 is 0 Å². The summed E-state index contributed by atoms with van der Waals surface area (Å²) in [5.74, 6) is 0.931. The molecule has 0 spiro atoms. The Hall–Kier alpha value is -3.59. The van der Waals surface area contributed by atoms with Gasteiger partial charge in [0.1, 0.15) is 0 Å². The van der Waals surface area contributed by atoms with Crippen molar-refractivity contribution in [2.75, 3.05) is 68.5 Å². The third-order valence-electron chi connectivity index (χ3n) is 8.75. The van der Waals surface area contributed by atoms with Crippen LogP contribution in [0.1, 0.15) is 30.4 Å². The van der Waals surface area contributed by atoms with Gasteiger partial charge in [0, 0.05) is 69.5 Å². The first-order valence-corrected chi connectivity index (χ1v) is 15.5. The molecule has 3 aromatic carbocycles. The van der Waals surface area contributed by atoms with Gasteiger partial charge in [-0.05, 0) is 75.0 Å². The summed E-state index contributed by atoms with van der Waals surface area (Å²) in [5.41, 5.74) is 8.15. The Morgan fingerprint density at radius 1 is 0.905 bits per heavy atom. The van der Waals surface area contributed by atoms with Crippen LogP contribution >= 0.6 is 0 Å². The molecule has 2 fully saturated rings. The molecule has 2 aliphatic rings. The number of nitrogens with one attached hydrogen (secondary N) is 3. The maximum absolute atomic E-state index is 5.51. The Morgan fingerprint density at radius 2 is 1.69 bits per heavy atom. The second-order valence-corrected chi connectivity index (χ2v) is 11.7. The first kappa shape index (κ1) is 28.5. The Kier molecular flexibility index (Phi) is 8.93. The number of methoxy groups -OCH3 is 1. The number of piperazine rings is 1. The Labute approximate surface area is 250 Å². The van der Waals surface area contributed by atoms with E-state index in [2.05, 4.69) is 105 Å². The van der Waals surface area contributed by atoms with Crippen LogP contribution in [-0.2, 0) is 11.3 Å². The summed E-state index contributed by atoms with van der Waals surface area (Å²) in [6.07, 6.45) is 3.52. The smallest absolute Gasteiger partial charge is 0.162 e. The van der Waals surface area contributed by atoms with E-state index in [0.29, 0.717) is 6.04 Å². The zero-order valence-electron chi connectivity index (χ0n) is 25.3. The van der Waals surface area contributed by atoms with E-state index >= 15 is 0 Å². The molecule has 0 bridgehead atoms. The van der Waals surface area contributed by atoms with Crippen LogP contribution in [0, 0.1) is 13.8 Å². The molecule has 0 unspecified atom stereocenters. The first-order chi connectivity index (χ1) is 20.6. The van der Waals surface area contributed by atoms with Gasteiger partial charge in [-0.3, -0.25) is 9.58 Å². The Bertz CT molecular complexity index is 1460. The van der Waals surface area contributed by atoms with Gasteiger partial charge >= 0.3 is 0 Å². The Balaban J connectivity index is 1.40. The fraction of sp³-hybridized carbons (Fsp3) is 0.441. The SMILES string of the molecule is COC[C@H]1CCCN1CCCn1nc(Nc2c(C)cccc2C)c2c(N3CCNCC3)cc(Nc3ccccc3)cc21. The van der Waals surface area contributed by atoms with Crippen LogP contribution in [0.15, 0.2) is 60.7 Å². The van der Waals surface area contributed by atoms with Crippen LogP contribution in [0.3, 0.4) is 0 Å². The third kappa shape index (κ3) is 6.26. The summed E-state index contributed by atoms with van der Waals surface area (Å²) in [5, 5.41) is 17.5. The lowest BCUT2D eigenvalue weighted by molar-refractivity contribution is 0.114. The molecule has 4 aromatic rings. The highest BCUT2D eigenvalue weighted by atomic mass is 16.5. The number of nitrogens with zero attached hydrogens (tertiary/aromatic N) is 4. The second-order valence-electron chi connectivity index (χ2n) is 11.7. The standard InChI is InChI=1S/C34H45N7O/c1-25-10-7-11-26(2)33(25)37-34-32-30(40-20-15-35-16-21-40)22-28(36-27-12-5-4-6-13-27)23-31(32)41(38-34)19-9-18-39-17-8-14-29(39)24-42-3/h4-7,10-13,22-23,29,35-36H,8-9,14-21,24H2,1-3H3,(H,37,38)/t29-/m1/s1. The number of rotatable bonds is 11. The summed E-state index contributed by atoms with van der Waals surface area (Å²) in [6.45, 7) is 12.1. The van der Waals surface area contributed by atoms with Gasteiger partial charge in [-0.25, -0.2) is 0 Å². The van der Waals surface area contributed by atoms with Crippen molar-refractivity contribution in [2.45, 2.75) is 45.7 Å². The van der Waals surface area contributed by atoms with Crippen molar-refractivity contribution in [3.8, 4) is 0 Å². The van der Waals surface area contributed by atoms with E-state index in [0.717, 1.165) is 87.2 Å². The molecule has 6 rings (SSSR count). The normalized spacial score (nSPS) is 17.7. The predicted molar refractivity (Wildman–Crippen MR) is 175 cm³/mol. The van der Waals surface area contributed by atoms with Gasteiger partial charge in [-0.2, -0.15) is 5.10 Å². The van der Waals surface area contributed by atoms with Gasteiger partial charge in [0.2, 0.25) is 0 Å². The molecule has 0 radical (unpaired) electrons. The quantitative estimate of drug-likeness (QED) is 0.204. The molecule has 8 heteroatoms. The number of ether oxygens (including phenoxy) is 1. The van der Waals surface area contributed by atoms with E-state index in [-0.39, 0.29) is 0 Å². The topological polar surface area (TPSA) is 69.6 Å². The largest absolute Gasteiger partial charge is 0.383 e. The zero-order chi connectivity index (χ0) is 28.9. The zero-order valence-corrected chi connectivity index (χ0v) is 25.3. The van der Waals surface area contributed by atoms with Crippen LogP contribution < -0.4 is 20.9 Å². The van der Waals surface area contributed by atoms with Crippen LogP contribution in [-0.4, -0.2) is 73.7 Å². The lowest BCUT2D eigenvalue weighted by Gasteiger charge is -2.30. The van der Waals surface area contributed by atoms with Crippen LogP contribution in [0.2, 0.25) is 0 Å². The number of para-hydroxylation sites is 2. The molecule has 1 atom stereocenters. The second kappa shape index (κ2) is 13.2. The van der Waals surface area contributed by atoms with Crippen molar-refractivity contribution >= 4 is 39.5 Å². The number of likely N-dealkylation sites (tertiary alicyclic amines) is 1. The van der Waals surface area contributed by atoms with Gasteiger partial charge in [0.25, 0.3) is 0 Å². The van der Waals surface area contributed by atoms with Crippen molar-refractivity contribution in [1.29, 1.82) is 0 Å². The predicted octanol–water partition coefficient (Wildman–Crippen LogP) is 6.05. The highest BCUT2D eigenvalue weighted by Crippen LogP contribution is 2.39. The minimum absolute atomic E-state index is 0.534. The highest BCUT2D eigenvalue weighted by Gasteiger charge is 2.25. The van der Waals surface area contributed by atoms with Gasteiger partial charge in [-0.15, -0.1) is 0 Å². The molecule has 3 heterocycles. The number of aromatic nitrogens is 2. The maximum Gasteiger partial charge on any atom is 0.162 e. The molecular formula is C34H45N7O. The van der Waals surface area contributed by atoms with E-state index in [1.807, 2.05) is 7.11 Å². The Morgan fingerprint density at radius 3 is 2.45 bits per heavy atom. The molecular weight excluding hydrogens is 522 g/mol. The number of hydrogen-bond acceptors (Lipinski definition) is 7. The average molecular weight is 568 g/mol. The summed E-state index contributed by atoms with van der Waals surface area (Å²) in [6, 6.07) is 22.0. The molecule has 222 valence electrons. The van der Waals surface area contributed by atoms with Crippen LogP contribution in [0.5, 0.6) is 0 Å². The molecule has 2 aliphatic heterocycles. The fourth-order valence-corrected chi connectivity index (χ4v) is 6.58. The van der Waals surface area contributed by atoms with Crippen molar-refractivity contribution < 1.29 is 4.74 Å². The lowest BCUT2D eigenvalue weighted by Crippen LogP contribution is -2.43. The van der Waals surface area contributed by atoms with E-state index in [1.165, 1.54) is 35.0 Å². The number of aryl methyl sites for hydroxylation is 3.